The molecule has 1 atom stereocenters. The number of carbonyl (C=O) groups excluding carboxylic acids is 3. The zero-order valence-electron chi connectivity index (χ0n) is 17.0. The Morgan fingerprint density at radius 1 is 1.00 bits per heavy atom. The first-order valence-corrected chi connectivity index (χ1v) is 11.3. The molecule has 0 spiro atoms. The van der Waals surface area contributed by atoms with Gasteiger partial charge in [-0.15, -0.1) is 0 Å². The topological polar surface area (TPSA) is 66.5 Å². The molecular weight excluding hydrogens is 455 g/mol. The lowest BCUT2D eigenvalue weighted by atomic mass is 9.65. The molecule has 2 aromatic rings. The number of carbonyl (C=O) groups is 3. The summed E-state index contributed by atoms with van der Waals surface area (Å²) in [6.45, 7) is 6.17. The van der Waals surface area contributed by atoms with Crippen LogP contribution >= 0.6 is 35.0 Å². The molecule has 5 nitrogen and oxygen atoms in total. The Hall–Kier alpha value is -2.28. The van der Waals surface area contributed by atoms with Gasteiger partial charge in [-0.1, -0.05) is 42.3 Å². The summed E-state index contributed by atoms with van der Waals surface area (Å²) in [6, 6.07) is 11.3. The molecule has 3 heterocycles. The van der Waals surface area contributed by atoms with E-state index in [-0.39, 0.29) is 16.4 Å². The van der Waals surface area contributed by atoms with Gasteiger partial charge < -0.3 is 4.90 Å². The average molecular weight is 473 g/mol. The van der Waals surface area contributed by atoms with Gasteiger partial charge in [0.2, 0.25) is 0 Å². The summed E-state index contributed by atoms with van der Waals surface area (Å²) in [5, 5.41) is 2.89. The standard InChI is InChI=1S/C23H18Cl2N2O3S/c1-22(2)10-23(3,11-4-6-12(24)7-5-11)15-9-13(25)8-14-16(20(29)27(22)17(14)15)18-19(28)26-21(30)31-18/h4-9H,10H2,1-3H3,(H,26,28,30). The fraction of sp³-hybridized carbons (Fsp3) is 0.261. The molecule has 1 saturated heterocycles. The molecule has 2 aromatic carbocycles. The van der Waals surface area contributed by atoms with Crippen molar-refractivity contribution in [3.05, 3.63) is 68.0 Å². The van der Waals surface area contributed by atoms with Crippen LogP contribution < -0.4 is 10.2 Å². The van der Waals surface area contributed by atoms with Crippen LogP contribution in [-0.2, 0) is 15.0 Å². The summed E-state index contributed by atoms with van der Waals surface area (Å²) in [5.74, 6) is -0.834. The highest BCUT2D eigenvalue weighted by molar-refractivity contribution is 8.18. The number of imide groups is 1. The zero-order chi connectivity index (χ0) is 22.3. The molecular formula is C23H18Cl2N2O3S. The van der Waals surface area contributed by atoms with Crippen LogP contribution in [0.25, 0.3) is 5.57 Å². The molecule has 0 radical (unpaired) electrons. The van der Waals surface area contributed by atoms with E-state index in [1.807, 2.05) is 44.2 Å². The lowest BCUT2D eigenvalue weighted by Gasteiger charge is -2.49. The monoisotopic (exact) mass is 472 g/mol. The van der Waals surface area contributed by atoms with E-state index in [2.05, 4.69) is 12.2 Å². The molecule has 3 amide bonds. The molecule has 0 saturated carbocycles. The van der Waals surface area contributed by atoms with Crippen molar-refractivity contribution in [1.82, 2.24) is 5.32 Å². The van der Waals surface area contributed by atoms with Crippen LogP contribution in [0.2, 0.25) is 10.0 Å². The first kappa shape index (κ1) is 20.6. The maximum atomic E-state index is 13.6. The molecule has 5 rings (SSSR count). The molecule has 1 unspecified atom stereocenters. The van der Waals surface area contributed by atoms with E-state index in [9.17, 15) is 14.4 Å². The van der Waals surface area contributed by atoms with Crippen LogP contribution in [0.1, 0.15) is 43.9 Å². The van der Waals surface area contributed by atoms with Gasteiger partial charge in [-0.05, 0) is 67.4 Å². The van der Waals surface area contributed by atoms with Gasteiger partial charge in [-0.3, -0.25) is 19.7 Å². The Balaban J connectivity index is 1.84. The predicted octanol–water partition coefficient (Wildman–Crippen LogP) is 5.52. The van der Waals surface area contributed by atoms with E-state index in [1.54, 1.807) is 11.0 Å². The number of hydrogen-bond donors (Lipinski definition) is 1. The third-order valence-corrected chi connectivity index (χ3v) is 7.65. The molecule has 31 heavy (non-hydrogen) atoms. The fourth-order valence-corrected chi connectivity index (χ4v) is 6.29. The van der Waals surface area contributed by atoms with E-state index in [0.29, 0.717) is 22.0 Å². The number of nitrogens with zero attached hydrogens (tertiary/aromatic N) is 1. The van der Waals surface area contributed by atoms with Crippen LogP contribution in [0.4, 0.5) is 10.5 Å². The van der Waals surface area contributed by atoms with Gasteiger partial charge in [-0.25, -0.2) is 0 Å². The normalized spacial score (nSPS) is 26.4. The second kappa shape index (κ2) is 6.61. The van der Waals surface area contributed by atoms with Gasteiger partial charge >= 0.3 is 0 Å². The van der Waals surface area contributed by atoms with Crippen molar-refractivity contribution in [3.63, 3.8) is 0 Å². The van der Waals surface area contributed by atoms with E-state index in [1.165, 1.54) is 0 Å². The third-order valence-electron chi connectivity index (χ3n) is 6.30. The predicted molar refractivity (Wildman–Crippen MR) is 124 cm³/mol. The van der Waals surface area contributed by atoms with Gasteiger partial charge in [-0.2, -0.15) is 0 Å². The number of thioether (sulfide) groups is 1. The molecule has 3 aliphatic heterocycles. The number of nitrogens with one attached hydrogen (secondary N) is 1. The van der Waals surface area contributed by atoms with Gasteiger partial charge in [0, 0.05) is 26.6 Å². The van der Waals surface area contributed by atoms with E-state index < -0.39 is 22.1 Å². The second-order valence-corrected chi connectivity index (χ2v) is 10.7. The Morgan fingerprint density at radius 2 is 1.68 bits per heavy atom. The molecule has 158 valence electrons. The number of benzene rings is 2. The molecule has 0 aromatic heterocycles. The van der Waals surface area contributed by atoms with Crippen LogP contribution in [0.15, 0.2) is 41.3 Å². The number of rotatable bonds is 1. The summed E-state index contributed by atoms with van der Waals surface area (Å²) in [6.07, 6.45) is 0.640. The first-order chi connectivity index (χ1) is 14.5. The van der Waals surface area contributed by atoms with Gasteiger partial charge in [0.15, 0.2) is 0 Å². The summed E-state index contributed by atoms with van der Waals surface area (Å²) in [4.78, 5) is 39.8. The van der Waals surface area contributed by atoms with Crippen molar-refractivity contribution in [2.45, 2.75) is 38.1 Å². The second-order valence-electron chi connectivity index (χ2n) is 8.87. The Kier molecular flexibility index (Phi) is 4.39. The molecule has 3 aliphatic rings. The van der Waals surface area contributed by atoms with Crippen LogP contribution in [0, 0.1) is 0 Å². The molecule has 0 aliphatic carbocycles. The van der Waals surface area contributed by atoms with Crippen molar-refractivity contribution in [3.8, 4) is 0 Å². The van der Waals surface area contributed by atoms with Crippen molar-refractivity contribution in [1.29, 1.82) is 0 Å². The molecule has 1 fully saturated rings. The van der Waals surface area contributed by atoms with E-state index >= 15 is 0 Å². The lowest BCUT2D eigenvalue weighted by Crippen LogP contribution is -2.54. The Morgan fingerprint density at radius 3 is 2.29 bits per heavy atom. The maximum Gasteiger partial charge on any atom is 0.290 e. The smallest absolute Gasteiger partial charge is 0.290 e. The third kappa shape index (κ3) is 2.89. The summed E-state index contributed by atoms with van der Waals surface area (Å²) >= 11 is 13.4. The fourth-order valence-electron chi connectivity index (χ4n) is 5.17. The minimum atomic E-state index is -0.551. The first-order valence-electron chi connectivity index (χ1n) is 9.75. The largest absolute Gasteiger partial charge is 0.302 e. The minimum Gasteiger partial charge on any atom is -0.302 e. The van der Waals surface area contributed by atoms with Crippen LogP contribution in [-0.4, -0.2) is 22.6 Å². The van der Waals surface area contributed by atoms with Gasteiger partial charge in [0.25, 0.3) is 17.1 Å². The number of anilines is 1. The summed E-state index contributed by atoms with van der Waals surface area (Å²) in [5.41, 5.74) is 2.56. The Bertz CT molecular complexity index is 1240. The van der Waals surface area contributed by atoms with Gasteiger partial charge in [0.1, 0.15) is 0 Å². The summed E-state index contributed by atoms with van der Waals surface area (Å²) < 4.78 is 0. The number of hydrogen-bond acceptors (Lipinski definition) is 4. The minimum absolute atomic E-state index is 0.123. The molecule has 1 N–H and O–H groups in total. The number of halogens is 2. The van der Waals surface area contributed by atoms with Crippen LogP contribution in [0.5, 0.6) is 0 Å². The quantitative estimate of drug-likeness (QED) is 0.554. The lowest BCUT2D eigenvalue weighted by molar-refractivity contribution is -0.116. The highest BCUT2D eigenvalue weighted by Crippen LogP contribution is 2.57. The average Bonchev–Trinajstić information content (AvgIpc) is 3.15. The van der Waals surface area contributed by atoms with E-state index in [0.717, 1.165) is 28.6 Å². The highest BCUT2D eigenvalue weighted by Gasteiger charge is 2.54. The summed E-state index contributed by atoms with van der Waals surface area (Å²) in [7, 11) is 0. The zero-order valence-corrected chi connectivity index (χ0v) is 19.3. The van der Waals surface area contributed by atoms with Crippen LogP contribution in [0.3, 0.4) is 0 Å². The van der Waals surface area contributed by atoms with E-state index in [4.69, 9.17) is 23.2 Å². The number of amides is 3. The Labute approximate surface area is 193 Å². The van der Waals surface area contributed by atoms with Crippen molar-refractivity contribution in [2.24, 2.45) is 0 Å². The highest BCUT2D eigenvalue weighted by atomic mass is 35.5. The van der Waals surface area contributed by atoms with Crippen molar-refractivity contribution < 1.29 is 14.4 Å². The molecule has 8 heteroatoms. The SMILES string of the molecule is CC1(c2ccc(Cl)cc2)CC(C)(C)N2C(=O)C(=C3SC(=O)NC3=O)c3cc(Cl)cc1c32. The molecule has 0 bridgehead atoms. The maximum absolute atomic E-state index is 13.6. The van der Waals surface area contributed by atoms with Gasteiger partial charge in [0.05, 0.1) is 16.2 Å². The van der Waals surface area contributed by atoms with Crippen molar-refractivity contribution in [2.75, 3.05) is 4.90 Å². The van der Waals surface area contributed by atoms with Crippen molar-refractivity contribution >= 4 is 63.3 Å².